The van der Waals surface area contributed by atoms with Crippen LogP contribution in [-0.2, 0) is 0 Å². The van der Waals surface area contributed by atoms with Gasteiger partial charge in [-0.1, -0.05) is 11.6 Å². The molecule has 1 aromatic carbocycles. The molecule has 0 saturated carbocycles. The number of likely N-dealkylation sites (tertiary alicyclic amines) is 1. The molecule has 2 rings (SSSR count). The minimum atomic E-state index is 0.0844. The predicted octanol–water partition coefficient (Wildman–Crippen LogP) is 2.14. The number of halogens is 1. The maximum atomic E-state index is 9.86. The Labute approximate surface area is 101 Å². The molecule has 3 N–H and O–H groups in total. The van der Waals surface area contributed by atoms with E-state index in [1.165, 1.54) is 12.8 Å². The number of nitrogens with two attached hydrogens (primary N) is 1. The van der Waals surface area contributed by atoms with E-state index in [0.29, 0.717) is 11.6 Å². The average Bonchev–Trinajstić information content (AvgIpc) is 2.78. The fourth-order valence-corrected chi connectivity index (χ4v) is 2.50. The highest BCUT2D eigenvalue weighted by Crippen LogP contribution is 2.32. The zero-order valence-corrected chi connectivity index (χ0v) is 9.95. The molecule has 0 spiro atoms. The minimum absolute atomic E-state index is 0.0844. The van der Waals surface area contributed by atoms with Gasteiger partial charge >= 0.3 is 0 Å². The van der Waals surface area contributed by atoms with Gasteiger partial charge < -0.3 is 10.8 Å². The molecule has 88 valence electrons. The zero-order chi connectivity index (χ0) is 11.5. The third-order valence-electron chi connectivity index (χ3n) is 3.15. The fourth-order valence-electron chi connectivity index (χ4n) is 2.32. The van der Waals surface area contributed by atoms with Gasteiger partial charge in [0.15, 0.2) is 0 Å². The van der Waals surface area contributed by atoms with Gasteiger partial charge in [0.05, 0.1) is 6.04 Å². The van der Waals surface area contributed by atoms with E-state index in [1.807, 2.05) is 6.07 Å². The lowest BCUT2D eigenvalue weighted by molar-refractivity contribution is 0.246. The average molecular weight is 241 g/mol. The summed E-state index contributed by atoms with van der Waals surface area (Å²) in [5.41, 5.74) is 6.65. The van der Waals surface area contributed by atoms with Gasteiger partial charge in [0.2, 0.25) is 0 Å². The first-order valence-electron chi connectivity index (χ1n) is 5.65. The topological polar surface area (TPSA) is 49.5 Å². The maximum absolute atomic E-state index is 9.86. The van der Waals surface area contributed by atoms with E-state index < -0.39 is 0 Å². The van der Waals surface area contributed by atoms with Crippen molar-refractivity contribution in [2.75, 3.05) is 19.6 Å². The van der Waals surface area contributed by atoms with E-state index in [4.69, 9.17) is 17.3 Å². The highest BCUT2D eigenvalue weighted by molar-refractivity contribution is 6.30. The van der Waals surface area contributed by atoms with Crippen molar-refractivity contribution in [3.8, 4) is 5.75 Å². The van der Waals surface area contributed by atoms with Gasteiger partial charge in [0.1, 0.15) is 5.75 Å². The Kier molecular flexibility index (Phi) is 3.69. The van der Waals surface area contributed by atoms with Gasteiger partial charge in [-0.05, 0) is 44.1 Å². The summed E-state index contributed by atoms with van der Waals surface area (Å²) >= 11 is 5.95. The number of nitrogens with zero attached hydrogens (tertiary/aromatic N) is 1. The van der Waals surface area contributed by atoms with Crippen LogP contribution in [-0.4, -0.2) is 29.6 Å². The largest absolute Gasteiger partial charge is 0.508 e. The number of rotatable bonds is 3. The molecule has 4 heteroatoms. The van der Waals surface area contributed by atoms with Crippen molar-refractivity contribution >= 4 is 11.6 Å². The molecule has 1 atom stereocenters. The van der Waals surface area contributed by atoms with Crippen LogP contribution < -0.4 is 5.73 Å². The van der Waals surface area contributed by atoms with Gasteiger partial charge in [-0.2, -0.15) is 0 Å². The van der Waals surface area contributed by atoms with E-state index >= 15 is 0 Å². The molecule has 0 amide bonds. The Balaban J connectivity index is 2.28. The highest BCUT2D eigenvalue weighted by Gasteiger charge is 2.24. The molecular weight excluding hydrogens is 224 g/mol. The molecule has 1 aliphatic rings. The van der Waals surface area contributed by atoms with Crippen LogP contribution in [0.5, 0.6) is 5.75 Å². The zero-order valence-electron chi connectivity index (χ0n) is 9.19. The summed E-state index contributed by atoms with van der Waals surface area (Å²) in [5, 5.41) is 10.5. The van der Waals surface area contributed by atoms with Crippen molar-refractivity contribution < 1.29 is 5.11 Å². The van der Waals surface area contributed by atoms with Crippen LogP contribution >= 0.6 is 11.6 Å². The lowest BCUT2D eigenvalue weighted by Gasteiger charge is -2.27. The monoisotopic (exact) mass is 240 g/mol. The third-order valence-corrected chi connectivity index (χ3v) is 3.39. The van der Waals surface area contributed by atoms with Crippen LogP contribution in [0, 0.1) is 0 Å². The smallest absolute Gasteiger partial charge is 0.120 e. The van der Waals surface area contributed by atoms with Crippen molar-refractivity contribution in [1.82, 2.24) is 4.90 Å². The van der Waals surface area contributed by atoms with Crippen molar-refractivity contribution in [3.63, 3.8) is 0 Å². The number of hydrogen-bond acceptors (Lipinski definition) is 3. The van der Waals surface area contributed by atoms with Gasteiger partial charge in [0, 0.05) is 17.1 Å². The highest BCUT2D eigenvalue weighted by atomic mass is 35.5. The third kappa shape index (κ3) is 2.32. The maximum Gasteiger partial charge on any atom is 0.120 e. The van der Waals surface area contributed by atoms with Crippen LogP contribution in [0.15, 0.2) is 18.2 Å². The standard InChI is InChI=1S/C12H17ClN2O/c13-9-3-4-12(16)10(7-9)11(8-14)15-5-1-2-6-15/h3-4,7,11,16H,1-2,5-6,8,14H2. The quantitative estimate of drug-likeness (QED) is 0.851. The number of phenolic OH excluding ortho intramolecular Hbond substituents is 1. The summed E-state index contributed by atoms with van der Waals surface area (Å²) in [6.45, 7) is 2.61. The van der Waals surface area contributed by atoms with E-state index in [2.05, 4.69) is 4.90 Å². The van der Waals surface area contributed by atoms with Crippen LogP contribution in [0.25, 0.3) is 0 Å². The van der Waals surface area contributed by atoms with Crippen molar-refractivity contribution in [3.05, 3.63) is 28.8 Å². The number of aromatic hydroxyl groups is 1. The number of hydrogen-bond donors (Lipinski definition) is 2. The van der Waals surface area contributed by atoms with E-state index in [-0.39, 0.29) is 11.8 Å². The second-order valence-corrected chi connectivity index (χ2v) is 4.63. The number of phenols is 1. The first kappa shape index (κ1) is 11.7. The van der Waals surface area contributed by atoms with Crippen molar-refractivity contribution in [2.24, 2.45) is 5.73 Å². The Hall–Kier alpha value is -0.770. The fraction of sp³-hybridized carbons (Fsp3) is 0.500. The second-order valence-electron chi connectivity index (χ2n) is 4.20. The van der Waals surface area contributed by atoms with Gasteiger partial charge in [-0.25, -0.2) is 0 Å². The molecule has 0 aliphatic carbocycles. The normalized spacial score (nSPS) is 18.9. The van der Waals surface area contributed by atoms with Crippen molar-refractivity contribution in [1.29, 1.82) is 0 Å². The predicted molar refractivity (Wildman–Crippen MR) is 65.7 cm³/mol. The first-order chi connectivity index (χ1) is 7.72. The second kappa shape index (κ2) is 5.04. The Bertz CT molecular complexity index is 364. The summed E-state index contributed by atoms with van der Waals surface area (Å²) < 4.78 is 0. The SMILES string of the molecule is NCC(c1cc(Cl)ccc1O)N1CCCC1. The molecule has 1 fully saturated rings. The van der Waals surface area contributed by atoms with Gasteiger partial charge in [0.25, 0.3) is 0 Å². The van der Waals surface area contributed by atoms with Crippen LogP contribution in [0.1, 0.15) is 24.4 Å². The summed E-state index contributed by atoms with van der Waals surface area (Å²) in [5.74, 6) is 0.284. The molecule has 1 heterocycles. The van der Waals surface area contributed by atoms with Crippen molar-refractivity contribution in [2.45, 2.75) is 18.9 Å². The minimum Gasteiger partial charge on any atom is -0.508 e. The molecule has 1 unspecified atom stereocenters. The molecule has 1 saturated heterocycles. The van der Waals surface area contributed by atoms with Gasteiger partial charge in [-0.15, -0.1) is 0 Å². The van der Waals surface area contributed by atoms with Crippen LogP contribution in [0.2, 0.25) is 5.02 Å². The molecule has 0 aromatic heterocycles. The van der Waals surface area contributed by atoms with Crippen LogP contribution in [0.3, 0.4) is 0 Å². The summed E-state index contributed by atoms with van der Waals surface area (Å²) in [4.78, 5) is 2.31. The summed E-state index contributed by atoms with van der Waals surface area (Å²) in [6.07, 6.45) is 2.41. The number of benzene rings is 1. The molecule has 1 aliphatic heterocycles. The van der Waals surface area contributed by atoms with Crippen LogP contribution in [0.4, 0.5) is 0 Å². The summed E-state index contributed by atoms with van der Waals surface area (Å²) in [7, 11) is 0. The molecule has 0 radical (unpaired) electrons. The molecule has 16 heavy (non-hydrogen) atoms. The molecule has 0 bridgehead atoms. The Morgan fingerprint density at radius 3 is 2.69 bits per heavy atom. The lowest BCUT2D eigenvalue weighted by atomic mass is 10.0. The lowest BCUT2D eigenvalue weighted by Crippen LogP contribution is -2.31. The first-order valence-corrected chi connectivity index (χ1v) is 6.02. The van der Waals surface area contributed by atoms with E-state index in [9.17, 15) is 5.11 Å². The molecule has 1 aromatic rings. The Morgan fingerprint density at radius 1 is 1.38 bits per heavy atom. The van der Waals surface area contributed by atoms with E-state index in [0.717, 1.165) is 18.7 Å². The summed E-state index contributed by atoms with van der Waals surface area (Å²) in [6, 6.07) is 5.22. The molecule has 3 nitrogen and oxygen atoms in total. The van der Waals surface area contributed by atoms with Gasteiger partial charge in [-0.3, -0.25) is 4.90 Å². The van der Waals surface area contributed by atoms with E-state index in [1.54, 1.807) is 12.1 Å². The Morgan fingerprint density at radius 2 is 2.06 bits per heavy atom. The molecular formula is C12H17ClN2O.